The highest BCUT2D eigenvalue weighted by Gasteiger charge is 2.03. The van der Waals surface area contributed by atoms with E-state index in [1.54, 1.807) is 0 Å². The van der Waals surface area contributed by atoms with Gasteiger partial charge in [0, 0.05) is 10.5 Å². The topological polar surface area (TPSA) is 12.0 Å². The Hall–Kier alpha value is 0.01000. The fourth-order valence-corrected chi connectivity index (χ4v) is 2.49. The minimum absolute atomic E-state index is 0.448. The normalized spacial score (nSPS) is 12.6. The fraction of sp³-hybridized carbons (Fsp3) is 0.571. The molecule has 1 N–H and O–H groups in total. The van der Waals surface area contributed by atoms with Crippen LogP contribution in [0.1, 0.15) is 37.8 Å². The molecule has 96 valence electrons. The number of hydrogen-bond donors (Lipinski definition) is 1. The molecule has 1 atom stereocenters. The number of benzene rings is 1. The quantitative estimate of drug-likeness (QED) is 0.702. The molecule has 0 aliphatic heterocycles. The zero-order valence-electron chi connectivity index (χ0n) is 10.7. The third-order valence-electron chi connectivity index (χ3n) is 2.85. The van der Waals surface area contributed by atoms with Crippen LogP contribution in [0.25, 0.3) is 0 Å². The van der Waals surface area contributed by atoms with E-state index in [0.29, 0.717) is 6.04 Å². The zero-order valence-corrected chi connectivity index (χ0v) is 13.1. The lowest BCUT2D eigenvalue weighted by atomic mass is 10.1. The van der Waals surface area contributed by atoms with Crippen molar-refractivity contribution in [2.45, 2.75) is 32.2 Å². The van der Waals surface area contributed by atoms with E-state index in [1.165, 1.54) is 30.6 Å². The average Bonchev–Trinajstić information content (AvgIpc) is 2.34. The second kappa shape index (κ2) is 9.01. The van der Waals surface area contributed by atoms with Crippen LogP contribution in [0, 0.1) is 0 Å². The Balaban J connectivity index is 2.16. The van der Waals surface area contributed by atoms with Crippen LogP contribution < -0.4 is 5.32 Å². The van der Waals surface area contributed by atoms with Gasteiger partial charge in [0.15, 0.2) is 0 Å². The van der Waals surface area contributed by atoms with Crippen LogP contribution >= 0.6 is 27.7 Å². The van der Waals surface area contributed by atoms with Gasteiger partial charge in [0.1, 0.15) is 0 Å². The van der Waals surface area contributed by atoms with Crippen LogP contribution in [0.4, 0.5) is 0 Å². The van der Waals surface area contributed by atoms with Crippen molar-refractivity contribution >= 4 is 27.7 Å². The van der Waals surface area contributed by atoms with Gasteiger partial charge < -0.3 is 5.32 Å². The molecular formula is C14H22BrNS. The highest BCUT2D eigenvalue weighted by molar-refractivity contribution is 9.10. The Morgan fingerprint density at radius 1 is 1.18 bits per heavy atom. The highest BCUT2D eigenvalue weighted by atomic mass is 79.9. The Bertz CT molecular complexity index is 300. The van der Waals surface area contributed by atoms with Gasteiger partial charge in [-0.3, -0.25) is 0 Å². The van der Waals surface area contributed by atoms with E-state index < -0.39 is 0 Å². The first-order valence-electron chi connectivity index (χ1n) is 6.22. The number of nitrogens with one attached hydrogen (secondary N) is 1. The lowest BCUT2D eigenvalue weighted by Crippen LogP contribution is -2.19. The zero-order chi connectivity index (χ0) is 12.5. The van der Waals surface area contributed by atoms with E-state index in [0.717, 1.165) is 11.0 Å². The molecule has 1 nitrogen and oxygen atoms in total. The van der Waals surface area contributed by atoms with Gasteiger partial charge in [-0.15, -0.1) is 0 Å². The molecule has 0 bridgehead atoms. The predicted molar refractivity (Wildman–Crippen MR) is 82.8 cm³/mol. The molecule has 17 heavy (non-hydrogen) atoms. The van der Waals surface area contributed by atoms with E-state index in [1.807, 2.05) is 11.8 Å². The molecule has 0 saturated heterocycles. The summed E-state index contributed by atoms with van der Waals surface area (Å²) in [5, 5.41) is 3.57. The maximum Gasteiger partial charge on any atom is 0.0291 e. The number of hydrogen-bond acceptors (Lipinski definition) is 2. The Morgan fingerprint density at radius 3 is 2.53 bits per heavy atom. The van der Waals surface area contributed by atoms with Crippen LogP contribution in [-0.2, 0) is 0 Å². The summed E-state index contributed by atoms with van der Waals surface area (Å²) in [7, 11) is 0. The Kier molecular flexibility index (Phi) is 7.99. The van der Waals surface area contributed by atoms with Crippen molar-refractivity contribution in [2.75, 3.05) is 18.6 Å². The third-order valence-corrected chi connectivity index (χ3v) is 4.07. The number of halogens is 1. The summed E-state index contributed by atoms with van der Waals surface area (Å²) in [5.74, 6) is 1.29. The first kappa shape index (κ1) is 15.1. The molecular weight excluding hydrogens is 294 g/mol. The maximum absolute atomic E-state index is 3.57. The van der Waals surface area contributed by atoms with Crippen LogP contribution in [0.15, 0.2) is 28.7 Å². The van der Waals surface area contributed by atoms with Gasteiger partial charge in [0.05, 0.1) is 0 Å². The van der Waals surface area contributed by atoms with E-state index >= 15 is 0 Å². The Morgan fingerprint density at radius 2 is 1.88 bits per heavy atom. The first-order valence-corrected chi connectivity index (χ1v) is 8.40. The minimum atomic E-state index is 0.448. The summed E-state index contributed by atoms with van der Waals surface area (Å²) in [5.41, 5.74) is 1.36. The van der Waals surface area contributed by atoms with E-state index in [-0.39, 0.29) is 0 Å². The molecule has 3 heteroatoms. The van der Waals surface area contributed by atoms with E-state index in [2.05, 4.69) is 58.7 Å². The molecule has 1 rings (SSSR count). The molecule has 0 fully saturated rings. The molecule has 0 saturated carbocycles. The van der Waals surface area contributed by atoms with Crippen molar-refractivity contribution in [1.82, 2.24) is 5.32 Å². The van der Waals surface area contributed by atoms with Gasteiger partial charge >= 0.3 is 0 Å². The Labute approximate surface area is 118 Å². The summed E-state index contributed by atoms with van der Waals surface area (Å²) >= 11 is 5.40. The third kappa shape index (κ3) is 6.49. The molecule has 0 heterocycles. The van der Waals surface area contributed by atoms with Crippen molar-refractivity contribution in [3.05, 3.63) is 34.3 Å². The van der Waals surface area contributed by atoms with Gasteiger partial charge in [-0.05, 0) is 56.0 Å². The van der Waals surface area contributed by atoms with Gasteiger partial charge in [-0.2, -0.15) is 11.8 Å². The standard InChI is InChI=1S/C14H22BrNS/c1-12(13-6-8-14(15)9-7-13)16-10-4-3-5-11-17-2/h6-9,12,16H,3-5,10-11H2,1-2H3. The van der Waals surface area contributed by atoms with Crippen LogP contribution in [0.5, 0.6) is 0 Å². The minimum Gasteiger partial charge on any atom is -0.310 e. The molecule has 0 spiro atoms. The molecule has 0 aromatic heterocycles. The van der Waals surface area contributed by atoms with Crippen molar-refractivity contribution in [3.8, 4) is 0 Å². The SMILES string of the molecule is CSCCCCCNC(C)c1ccc(Br)cc1. The highest BCUT2D eigenvalue weighted by Crippen LogP contribution is 2.16. The molecule has 0 aliphatic carbocycles. The molecule has 0 aliphatic rings. The van der Waals surface area contributed by atoms with Crippen LogP contribution in [0.3, 0.4) is 0 Å². The van der Waals surface area contributed by atoms with Crippen molar-refractivity contribution in [3.63, 3.8) is 0 Å². The number of unbranched alkanes of at least 4 members (excludes halogenated alkanes) is 2. The van der Waals surface area contributed by atoms with Crippen LogP contribution in [0.2, 0.25) is 0 Å². The number of rotatable bonds is 8. The van der Waals surface area contributed by atoms with Crippen molar-refractivity contribution in [1.29, 1.82) is 0 Å². The van der Waals surface area contributed by atoms with Gasteiger partial charge in [-0.25, -0.2) is 0 Å². The van der Waals surface area contributed by atoms with Crippen molar-refractivity contribution < 1.29 is 0 Å². The first-order chi connectivity index (χ1) is 8.24. The lowest BCUT2D eigenvalue weighted by Gasteiger charge is -2.14. The van der Waals surface area contributed by atoms with Gasteiger partial charge in [0.25, 0.3) is 0 Å². The largest absolute Gasteiger partial charge is 0.310 e. The maximum atomic E-state index is 3.57. The molecule has 0 radical (unpaired) electrons. The molecule has 1 unspecified atom stereocenters. The fourth-order valence-electron chi connectivity index (χ4n) is 1.74. The second-order valence-electron chi connectivity index (χ2n) is 4.28. The average molecular weight is 316 g/mol. The summed E-state index contributed by atoms with van der Waals surface area (Å²) in [6.45, 7) is 3.34. The monoisotopic (exact) mass is 315 g/mol. The molecule has 1 aromatic rings. The molecule has 0 amide bonds. The van der Waals surface area contributed by atoms with Crippen molar-refractivity contribution in [2.24, 2.45) is 0 Å². The second-order valence-corrected chi connectivity index (χ2v) is 6.18. The summed E-state index contributed by atoms with van der Waals surface area (Å²) in [6, 6.07) is 9.01. The van der Waals surface area contributed by atoms with Gasteiger partial charge in [0.2, 0.25) is 0 Å². The molecule has 1 aromatic carbocycles. The lowest BCUT2D eigenvalue weighted by molar-refractivity contribution is 0.545. The number of thioether (sulfide) groups is 1. The van der Waals surface area contributed by atoms with Crippen LogP contribution in [-0.4, -0.2) is 18.6 Å². The summed E-state index contributed by atoms with van der Waals surface area (Å²) in [6.07, 6.45) is 6.13. The summed E-state index contributed by atoms with van der Waals surface area (Å²) in [4.78, 5) is 0. The van der Waals surface area contributed by atoms with Gasteiger partial charge in [-0.1, -0.05) is 34.5 Å². The smallest absolute Gasteiger partial charge is 0.0291 e. The van der Waals surface area contributed by atoms with E-state index in [4.69, 9.17) is 0 Å². The van der Waals surface area contributed by atoms with E-state index in [9.17, 15) is 0 Å². The summed E-state index contributed by atoms with van der Waals surface area (Å²) < 4.78 is 1.14. The predicted octanol–water partition coefficient (Wildman–Crippen LogP) is 4.63.